The van der Waals surface area contributed by atoms with E-state index in [4.69, 9.17) is 8.83 Å². The minimum Gasteiger partial charge on any atom is -0.453 e. The zero-order chi connectivity index (χ0) is 21.3. The van der Waals surface area contributed by atoms with E-state index in [2.05, 4.69) is 83.8 Å². The predicted molar refractivity (Wildman–Crippen MR) is 128 cm³/mol. The zero-order valence-electron chi connectivity index (χ0n) is 17.2. The number of benzene rings is 4. The lowest BCUT2D eigenvalue weighted by Gasteiger charge is -2.14. The third kappa shape index (κ3) is 3.03. The highest BCUT2D eigenvalue weighted by molar-refractivity contribution is 6.07. The molecule has 0 aliphatic heterocycles. The van der Waals surface area contributed by atoms with Gasteiger partial charge in [-0.3, -0.25) is 0 Å². The van der Waals surface area contributed by atoms with E-state index in [0.29, 0.717) is 11.5 Å². The summed E-state index contributed by atoms with van der Waals surface area (Å²) in [5.74, 6) is 1.54. The average molecular weight is 413 g/mol. The van der Waals surface area contributed by atoms with Gasteiger partial charge in [-0.25, -0.2) is 4.98 Å². The lowest BCUT2D eigenvalue weighted by Crippen LogP contribution is -1.89. The maximum absolute atomic E-state index is 6.60. The molecule has 0 N–H and O–H groups in total. The van der Waals surface area contributed by atoms with E-state index in [9.17, 15) is 0 Å². The second-order valence-corrected chi connectivity index (χ2v) is 7.64. The monoisotopic (exact) mass is 413 g/mol. The molecule has 0 radical (unpaired) electrons. The van der Waals surface area contributed by atoms with Crippen LogP contribution >= 0.6 is 0 Å². The molecular formula is C29H19NO2. The van der Waals surface area contributed by atoms with Crippen LogP contribution < -0.4 is 0 Å². The van der Waals surface area contributed by atoms with Crippen LogP contribution in [-0.4, -0.2) is 4.98 Å². The third-order valence-corrected chi connectivity index (χ3v) is 5.75. The summed E-state index contributed by atoms with van der Waals surface area (Å²) in [5, 5.41) is 2.06. The van der Waals surface area contributed by atoms with Gasteiger partial charge in [-0.2, -0.15) is 0 Å². The number of nitrogens with zero attached hydrogens (tertiary/aromatic N) is 1. The number of oxazole rings is 1. The largest absolute Gasteiger partial charge is 0.453 e. The van der Waals surface area contributed by atoms with Crippen LogP contribution in [0, 0.1) is 0 Å². The molecule has 3 heteroatoms. The summed E-state index contributed by atoms with van der Waals surface area (Å²) in [6.45, 7) is 0. The maximum atomic E-state index is 6.60. The fourth-order valence-corrected chi connectivity index (χ4v) is 4.31. The molecule has 6 rings (SSSR count). The fourth-order valence-electron chi connectivity index (χ4n) is 4.31. The summed E-state index contributed by atoms with van der Waals surface area (Å²) < 4.78 is 11.8. The molecule has 0 amide bonds. The lowest BCUT2D eigenvalue weighted by molar-refractivity contribution is 0.556. The highest BCUT2D eigenvalue weighted by Crippen LogP contribution is 2.46. The lowest BCUT2D eigenvalue weighted by atomic mass is 9.89. The second-order valence-electron chi connectivity index (χ2n) is 7.64. The molecule has 2 aromatic heterocycles. The van der Waals surface area contributed by atoms with Crippen LogP contribution in [0.1, 0.15) is 0 Å². The first-order valence-electron chi connectivity index (χ1n) is 10.5. The molecule has 0 saturated carbocycles. The maximum Gasteiger partial charge on any atom is 0.181 e. The van der Waals surface area contributed by atoms with Crippen LogP contribution in [0.25, 0.3) is 55.8 Å². The number of fused-ring (bicyclic) bond motifs is 1. The number of hydrogen-bond donors (Lipinski definition) is 0. The SMILES string of the molecule is c1ccc(-c2cccc(-c3ccccc3)c2-c2oc(-c3cocn3)c3ccccc23)cc1. The van der Waals surface area contributed by atoms with Gasteiger partial charge in [-0.05, 0) is 22.3 Å². The topological polar surface area (TPSA) is 39.2 Å². The van der Waals surface area contributed by atoms with Crippen molar-refractivity contribution in [1.29, 1.82) is 0 Å². The quantitative estimate of drug-likeness (QED) is 0.293. The van der Waals surface area contributed by atoms with Gasteiger partial charge in [0.05, 0.1) is 0 Å². The van der Waals surface area contributed by atoms with Crippen LogP contribution in [0.15, 0.2) is 125 Å². The molecule has 152 valence electrons. The Kier molecular flexibility index (Phi) is 4.43. The van der Waals surface area contributed by atoms with Crippen LogP contribution in [-0.2, 0) is 0 Å². The van der Waals surface area contributed by atoms with Gasteiger partial charge in [0.1, 0.15) is 17.7 Å². The van der Waals surface area contributed by atoms with E-state index in [-0.39, 0.29) is 0 Å². The van der Waals surface area contributed by atoms with Crippen LogP contribution in [0.5, 0.6) is 0 Å². The van der Waals surface area contributed by atoms with Gasteiger partial charge in [-0.15, -0.1) is 0 Å². The summed E-state index contributed by atoms with van der Waals surface area (Å²) in [5.41, 5.74) is 6.28. The molecule has 0 fully saturated rings. The Bertz CT molecular complexity index is 1440. The standard InChI is InChI=1S/C29H19NO2/c1-3-10-20(11-4-1)22-16-9-17-23(21-12-5-2-6-13-21)27(22)29-25-15-8-7-14-24(25)28(32-29)26-18-31-19-30-26/h1-19H. The van der Waals surface area contributed by atoms with Crippen LogP contribution in [0.4, 0.5) is 0 Å². The molecule has 3 nitrogen and oxygen atoms in total. The zero-order valence-corrected chi connectivity index (χ0v) is 17.2. The Hall–Kier alpha value is -4.37. The Morgan fingerprint density at radius 1 is 0.531 bits per heavy atom. The average Bonchev–Trinajstić information content (AvgIpc) is 3.53. The Balaban J connectivity index is 1.72. The molecule has 0 aliphatic rings. The summed E-state index contributed by atoms with van der Waals surface area (Å²) in [4.78, 5) is 4.34. The smallest absolute Gasteiger partial charge is 0.181 e. The minimum atomic E-state index is 0.686. The highest BCUT2D eigenvalue weighted by Gasteiger charge is 2.23. The molecular weight excluding hydrogens is 394 g/mol. The van der Waals surface area contributed by atoms with Crippen molar-refractivity contribution < 1.29 is 8.83 Å². The first-order chi connectivity index (χ1) is 15.9. The van der Waals surface area contributed by atoms with Crippen molar-refractivity contribution in [1.82, 2.24) is 4.98 Å². The van der Waals surface area contributed by atoms with Crippen molar-refractivity contribution in [3.05, 3.63) is 116 Å². The molecule has 4 aromatic carbocycles. The van der Waals surface area contributed by atoms with Crippen molar-refractivity contribution in [2.75, 3.05) is 0 Å². The molecule has 0 aliphatic carbocycles. The first-order valence-corrected chi connectivity index (χ1v) is 10.5. The molecule has 6 aromatic rings. The van der Waals surface area contributed by atoms with Crippen molar-refractivity contribution in [3.63, 3.8) is 0 Å². The molecule has 2 heterocycles. The van der Waals surface area contributed by atoms with Gasteiger partial charge < -0.3 is 8.83 Å². The number of rotatable bonds is 4. The van der Waals surface area contributed by atoms with Crippen molar-refractivity contribution in [3.8, 4) is 45.0 Å². The van der Waals surface area contributed by atoms with E-state index < -0.39 is 0 Å². The van der Waals surface area contributed by atoms with Crippen LogP contribution in [0.2, 0.25) is 0 Å². The molecule has 32 heavy (non-hydrogen) atoms. The van der Waals surface area contributed by atoms with E-state index >= 15 is 0 Å². The van der Waals surface area contributed by atoms with Crippen molar-refractivity contribution >= 4 is 10.8 Å². The number of hydrogen-bond acceptors (Lipinski definition) is 3. The van der Waals surface area contributed by atoms with Gasteiger partial charge in [0.15, 0.2) is 12.2 Å². The molecule has 0 atom stereocenters. The van der Waals surface area contributed by atoms with Gasteiger partial charge in [0.25, 0.3) is 0 Å². The van der Waals surface area contributed by atoms with E-state index in [1.54, 1.807) is 6.26 Å². The molecule has 0 unspecified atom stereocenters. The van der Waals surface area contributed by atoms with Gasteiger partial charge in [0, 0.05) is 16.3 Å². The Labute approximate surface area is 185 Å². The van der Waals surface area contributed by atoms with E-state index in [1.165, 1.54) is 6.39 Å². The summed E-state index contributed by atoms with van der Waals surface area (Å²) in [6, 6.07) is 35.5. The molecule has 0 saturated heterocycles. The fraction of sp³-hybridized carbons (Fsp3) is 0. The minimum absolute atomic E-state index is 0.686. The Morgan fingerprint density at radius 3 is 1.66 bits per heavy atom. The summed E-state index contributed by atoms with van der Waals surface area (Å²) in [7, 11) is 0. The van der Waals surface area contributed by atoms with Crippen LogP contribution in [0.3, 0.4) is 0 Å². The third-order valence-electron chi connectivity index (χ3n) is 5.75. The van der Waals surface area contributed by atoms with Crippen molar-refractivity contribution in [2.45, 2.75) is 0 Å². The summed E-state index contributed by atoms with van der Waals surface area (Å²) in [6.07, 6.45) is 3.05. The van der Waals surface area contributed by atoms with E-state index in [0.717, 1.165) is 44.3 Å². The van der Waals surface area contributed by atoms with Gasteiger partial charge >= 0.3 is 0 Å². The van der Waals surface area contributed by atoms with E-state index in [1.807, 2.05) is 24.3 Å². The normalized spacial score (nSPS) is 11.1. The van der Waals surface area contributed by atoms with Crippen molar-refractivity contribution in [2.24, 2.45) is 0 Å². The number of aromatic nitrogens is 1. The predicted octanol–water partition coefficient (Wildman–Crippen LogP) is 8.09. The second kappa shape index (κ2) is 7.71. The van der Waals surface area contributed by atoms with Gasteiger partial charge in [-0.1, -0.05) is 103 Å². The summed E-state index contributed by atoms with van der Waals surface area (Å²) >= 11 is 0. The Morgan fingerprint density at radius 2 is 1.09 bits per heavy atom. The number of furan rings is 1. The highest BCUT2D eigenvalue weighted by atomic mass is 16.4. The van der Waals surface area contributed by atoms with Gasteiger partial charge in [0.2, 0.25) is 0 Å². The molecule has 0 spiro atoms. The molecule has 0 bridgehead atoms. The first kappa shape index (κ1) is 18.4.